The number of benzene rings is 1. The van der Waals surface area contributed by atoms with Crippen LogP contribution in [0.5, 0.6) is 0 Å². The van der Waals surface area contributed by atoms with E-state index < -0.39 is 5.97 Å². The molecule has 0 heterocycles. The van der Waals surface area contributed by atoms with Crippen molar-refractivity contribution >= 4 is 5.97 Å². The van der Waals surface area contributed by atoms with E-state index in [2.05, 4.69) is 6.92 Å². The van der Waals surface area contributed by atoms with Gasteiger partial charge in [0.05, 0.1) is 5.97 Å². The number of carbonyl (C=O) groups is 1. The van der Waals surface area contributed by atoms with Gasteiger partial charge >= 0.3 is 19.5 Å². The van der Waals surface area contributed by atoms with Crippen LogP contribution in [0.25, 0.3) is 0 Å². The number of aromatic carboxylic acids is 1. The fourth-order valence-corrected chi connectivity index (χ4v) is 0.574. The maximum absolute atomic E-state index is 10.1. The average molecular weight is 216 g/mol. The van der Waals surface area contributed by atoms with Crippen LogP contribution in [0.2, 0.25) is 0 Å². The Hall–Kier alpha value is -0.687. The fourth-order valence-electron chi connectivity index (χ4n) is 0.574. The normalized spacial score (nSPS) is 7.17. The third-order valence-corrected chi connectivity index (χ3v) is 1.01. The fraction of sp³-hybridized carbons (Fsp3) is 0.111. The molecule has 0 N–H and O–H groups in total. The van der Waals surface area contributed by atoms with Crippen LogP contribution in [0.15, 0.2) is 30.3 Å². The first-order valence-corrected chi connectivity index (χ1v) is 3.28. The maximum Gasteiger partial charge on any atom is 2.00 e. The molecule has 0 saturated heterocycles. The molecule has 0 spiro atoms. The van der Waals surface area contributed by atoms with Gasteiger partial charge in [-0.2, -0.15) is 6.92 Å². The summed E-state index contributed by atoms with van der Waals surface area (Å²) in [7, 11) is 0. The van der Waals surface area contributed by atoms with E-state index >= 15 is 0 Å². The molecular weight excluding hydrogens is 205 g/mol. The second-order valence-electron chi connectivity index (χ2n) is 1.65. The van der Waals surface area contributed by atoms with Crippen LogP contribution >= 0.6 is 0 Å². The Bertz CT molecular complexity index is 209. The molecule has 0 aliphatic rings. The van der Waals surface area contributed by atoms with Gasteiger partial charge in [-0.05, 0) is 5.56 Å². The van der Waals surface area contributed by atoms with Gasteiger partial charge in [-0.1, -0.05) is 30.3 Å². The minimum atomic E-state index is -1.13. The molecule has 0 aliphatic carbocycles. The summed E-state index contributed by atoms with van der Waals surface area (Å²) in [5, 5.41) is 10.1. The third kappa shape index (κ3) is 5.03. The summed E-state index contributed by atoms with van der Waals surface area (Å²) in [6.45, 7) is 5.00. The second-order valence-corrected chi connectivity index (χ2v) is 1.65. The van der Waals surface area contributed by atoms with Crippen molar-refractivity contribution in [2.24, 2.45) is 0 Å². The summed E-state index contributed by atoms with van der Waals surface area (Å²) in [5.74, 6) is -1.13. The van der Waals surface area contributed by atoms with Crippen molar-refractivity contribution in [3.63, 3.8) is 0 Å². The van der Waals surface area contributed by atoms with E-state index in [1.807, 2.05) is 0 Å². The number of rotatable bonds is 1. The van der Waals surface area contributed by atoms with E-state index in [-0.39, 0.29) is 25.0 Å². The van der Waals surface area contributed by atoms with E-state index in [1.165, 1.54) is 12.1 Å². The van der Waals surface area contributed by atoms with E-state index in [0.29, 0.717) is 0 Å². The summed E-state index contributed by atoms with van der Waals surface area (Å²) in [6.07, 6.45) is 0. The standard InChI is InChI=1S/C7H6O2.C2H5.Zn/c8-7(9)6-4-2-1-3-5-6;1-2;/h1-5H,(H,8,9);1H2,2H3;/q;-1;+2/p-1. The predicted molar refractivity (Wildman–Crippen MR) is 41.8 cm³/mol. The van der Waals surface area contributed by atoms with Crippen LogP contribution in [0.1, 0.15) is 17.3 Å². The molecular formula is C9H10O2Zn. The van der Waals surface area contributed by atoms with Crippen LogP contribution in [-0.4, -0.2) is 5.97 Å². The summed E-state index contributed by atoms with van der Waals surface area (Å²) >= 11 is 0. The molecule has 0 fully saturated rings. The maximum atomic E-state index is 10.1. The zero-order chi connectivity index (χ0) is 8.69. The van der Waals surface area contributed by atoms with E-state index in [4.69, 9.17) is 0 Å². The van der Waals surface area contributed by atoms with Crippen LogP contribution in [0.4, 0.5) is 0 Å². The molecule has 0 bridgehead atoms. The monoisotopic (exact) mass is 214 g/mol. The molecule has 0 aromatic heterocycles. The Morgan fingerprint density at radius 1 is 1.25 bits per heavy atom. The Balaban J connectivity index is 0. The predicted octanol–water partition coefficient (Wildman–Crippen LogP) is 0.888. The van der Waals surface area contributed by atoms with Gasteiger partial charge in [0.1, 0.15) is 0 Å². The Morgan fingerprint density at radius 3 is 1.92 bits per heavy atom. The molecule has 0 aliphatic heterocycles. The first kappa shape index (κ1) is 13.9. The van der Waals surface area contributed by atoms with Crippen LogP contribution in [-0.2, 0) is 19.5 Å². The quantitative estimate of drug-likeness (QED) is 0.516. The van der Waals surface area contributed by atoms with E-state index in [0.717, 1.165) is 0 Å². The summed E-state index contributed by atoms with van der Waals surface area (Å²) in [6, 6.07) is 8.06. The minimum Gasteiger partial charge on any atom is -0.545 e. The number of carbonyl (C=O) groups excluding carboxylic acids is 1. The molecule has 0 amide bonds. The van der Waals surface area contributed by atoms with Gasteiger partial charge < -0.3 is 16.8 Å². The van der Waals surface area contributed by atoms with Gasteiger partial charge in [0.2, 0.25) is 0 Å². The zero-order valence-corrected chi connectivity index (χ0v) is 10.1. The number of carboxylic acids is 1. The Kier molecular flexibility index (Phi) is 9.72. The van der Waals surface area contributed by atoms with E-state index in [1.54, 1.807) is 25.1 Å². The minimum absolute atomic E-state index is 0. The van der Waals surface area contributed by atoms with Crippen molar-refractivity contribution in [2.75, 3.05) is 0 Å². The number of hydrogen-bond acceptors (Lipinski definition) is 2. The van der Waals surface area contributed by atoms with Crippen molar-refractivity contribution in [1.29, 1.82) is 0 Å². The van der Waals surface area contributed by atoms with Gasteiger partial charge in [-0.15, -0.1) is 0 Å². The second kappa shape index (κ2) is 8.41. The third-order valence-electron chi connectivity index (χ3n) is 1.01. The average Bonchev–Trinajstić information content (AvgIpc) is 2.10. The Morgan fingerprint density at radius 2 is 1.67 bits per heavy atom. The first-order valence-electron chi connectivity index (χ1n) is 3.28. The Labute approximate surface area is 85.4 Å². The van der Waals surface area contributed by atoms with Gasteiger partial charge in [0.15, 0.2) is 0 Å². The zero-order valence-electron chi connectivity index (χ0n) is 7.12. The molecule has 1 rings (SSSR count). The molecule has 2 nitrogen and oxygen atoms in total. The summed E-state index contributed by atoms with van der Waals surface area (Å²) in [4.78, 5) is 10.1. The summed E-state index contributed by atoms with van der Waals surface area (Å²) in [5.41, 5.74) is 0.220. The molecule has 0 radical (unpaired) electrons. The molecule has 12 heavy (non-hydrogen) atoms. The van der Waals surface area contributed by atoms with Crippen molar-refractivity contribution in [3.8, 4) is 0 Å². The molecule has 3 heteroatoms. The summed E-state index contributed by atoms with van der Waals surface area (Å²) < 4.78 is 0. The van der Waals surface area contributed by atoms with Gasteiger partial charge in [-0.25, -0.2) is 0 Å². The van der Waals surface area contributed by atoms with Crippen LogP contribution in [0.3, 0.4) is 0 Å². The molecule has 60 valence electrons. The van der Waals surface area contributed by atoms with E-state index in [9.17, 15) is 9.90 Å². The van der Waals surface area contributed by atoms with Crippen molar-refractivity contribution < 1.29 is 29.4 Å². The molecule has 1 aromatic carbocycles. The van der Waals surface area contributed by atoms with Crippen molar-refractivity contribution in [2.45, 2.75) is 6.92 Å². The number of carboxylic acid groups (broad SMARTS) is 1. The van der Waals surface area contributed by atoms with Crippen molar-refractivity contribution in [3.05, 3.63) is 42.8 Å². The number of hydrogen-bond donors (Lipinski definition) is 0. The topological polar surface area (TPSA) is 40.1 Å². The smallest absolute Gasteiger partial charge is 0.545 e. The first-order chi connectivity index (χ1) is 5.30. The molecule has 0 saturated carbocycles. The molecule has 0 unspecified atom stereocenters. The largest absolute Gasteiger partial charge is 2.00 e. The van der Waals surface area contributed by atoms with Crippen LogP contribution < -0.4 is 5.11 Å². The van der Waals surface area contributed by atoms with Crippen LogP contribution in [0, 0.1) is 6.92 Å². The molecule has 0 atom stereocenters. The van der Waals surface area contributed by atoms with Gasteiger partial charge in [0, 0.05) is 0 Å². The van der Waals surface area contributed by atoms with Crippen molar-refractivity contribution in [1.82, 2.24) is 0 Å². The van der Waals surface area contributed by atoms with Gasteiger partial charge in [0.25, 0.3) is 0 Å². The SMILES string of the molecule is O=C([O-])c1ccccc1.[CH2-]C.[Zn+2]. The van der Waals surface area contributed by atoms with Gasteiger partial charge in [-0.3, -0.25) is 0 Å². The molecule has 1 aromatic rings.